The quantitative estimate of drug-likeness (QED) is 0.773. The Morgan fingerprint density at radius 2 is 1.69 bits per heavy atom. The average molecular weight is 421 g/mol. The van der Waals surface area contributed by atoms with E-state index in [2.05, 4.69) is 39.4 Å². The van der Waals surface area contributed by atoms with Crippen LogP contribution in [0.15, 0.2) is 30.3 Å². The van der Waals surface area contributed by atoms with E-state index in [-0.39, 0.29) is 17.4 Å². The molecule has 1 amide bonds. The maximum Gasteiger partial charge on any atom is 0.226 e. The van der Waals surface area contributed by atoms with Crippen LogP contribution in [0.4, 0.5) is 5.69 Å². The molecule has 1 N–H and O–H groups in total. The Morgan fingerprint density at radius 3 is 2.31 bits per heavy atom. The van der Waals surface area contributed by atoms with Crippen molar-refractivity contribution in [2.24, 2.45) is 5.41 Å². The minimum absolute atomic E-state index is 0.129. The zero-order valence-electron chi connectivity index (χ0n) is 17.2. The zero-order valence-corrected chi connectivity index (χ0v) is 18.0. The lowest BCUT2D eigenvalue weighted by Crippen LogP contribution is -2.47. The maximum absolute atomic E-state index is 12.7. The monoisotopic (exact) mass is 420 g/mol. The molecule has 160 valence electrons. The second-order valence-corrected chi connectivity index (χ2v) is 10.8. The Bertz CT molecular complexity index is 814. The molecule has 3 fully saturated rings. The molecular weight excluding hydrogens is 388 g/mol. The number of carbonyl (C=O) groups excluding carboxylic acids is 1. The number of amides is 1. The molecule has 1 spiro atoms. The van der Waals surface area contributed by atoms with E-state index in [1.54, 1.807) is 0 Å². The summed E-state index contributed by atoms with van der Waals surface area (Å²) < 4.78 is 25.0. The number of nitrogens with zero attached hydrogens (tertiary/aromatic N) is 3. The van der Waals surface area contributed by atoms with Gasteiger partial charge in [0.05, 0.1) is 11.7 Å². The number of piperidine rings is 1. The predicted molar refractivity (Wildman–Crippen MR) is 114 cm³/mol. The molecule has 1 aromatic carbocycles. The molecule has 1 unspecified atom stereocenters. The Labute approximate surface area is 174 Å². The highest BCUT2D eigenvalue weighted by Crippen LogP contribution is 2.41. The summed E-state index contributed by atoms with van der Waals surface area (Å²) in [6.07, 6.45) is 4.33. The van der Waals surface area contributed by atoms with Crippen molar-refractivity contribution in [3.05, 3.63) is 30.3 Å². The van der Waals surface area contributed by atoms with E-state index in [0.29, 0.717) is 25.9 Å². The van der Waals surface area contributed by atoms with Crippen molar-refractivity contribution in [3.8, 4) is 0 Å². The van der Waals surface area contributed by atoms with Gasteiger partial charge in [-0.3, -0.25) is 9.69 Å². The van der Waals surface area contributed by atoms with Gasteiger partial charge in [-0.2, -0.15) is 0 Å². The highest BCUT2D eigenvalue weighted by atomic mass is 32.2. The van der Waals surface area contributed by atoms with Crippen LogP contribution in [-0.2, 0) is 14.8 Å². The van der Waals surface area contributed by atoms with Crippen molar-refractivity contribution in [3.63, 3.8) is 0 Å². The molecule has 0 radical (unpaired) electrons. The van der Waals surface area contributed by atoms with E-state index >= 15 is 0 Å². The second kappa shape index (κ2) is 8.24. The number of carbonyl (C=O) groups is 1. The second-order valence-electron chi connectivity index (χ2n) is 8.77. The summed E-state index contributed by atoms with van der Waals surface area (Å²) in [6.45, 7) is 6.08. The van der Waals surface area contributed by atoms with Crippen LogP contribution in [-0.4, -0.2) is 81.6 Å². The van der Waals surface area contributed by atoms with Crippen molar-refractivity contribution in [2.75, 3.05) is 57.0 Å². The van der Waals surface area contributed by atoms with Gasteiger partial charge in [-0.15, -0.1) is 0 Å². The first-order valence-electron chi connectivity index (χ1n) is 10.6. The summed E-state index contributed by atoms with van der Waals surface area (Å²) in [6, 6.07) is 10.8. The minimum atomic E-state index is -3.16. The summed E-state index contributed by atoms with van der Waals surface area (Å²) in [5.41, 5.74) is 0.926. The standard InChI is InChI=1S/C21H32N4O3S/c1-29(27,28)25-11-8-21(9-12-25)17-18(22-20(21)26)7-10-23-13-15-24(16-14-23)19-5-3-2-4-6-19/h2-6,18H,7-17H2,1H3,(H,22,26). The molecule has 0 saturated carbocycles. The highest BCUT2D eigenvalue weighted by molar-refractivity contribution is 7.88. The number of hydrogen-bond acceptors (Lipinski definition) is 5. The van der Waals surface area contributed by atoms with Gasteiger partial charge in [0.25, 0.3) is 0 Å². The largest absolute Gasteiger partial charge is 0.369 e. The molecule has 7 nitrogen and oxygen atoms in total. The molecule has 8 heteroatoms. The summed E-state index contributed by atoms with van der Waals surface area (Å²) in [4.78, 5) is 17.6. The van der Waals surface area contributed by atoms with Crippen LogP contribution in [0.2, 0.25) is 0 Å². The lowest BCUT2D eigenvalue weighted by atomic mass is 9.76. The Hall–Kier alpha value is -1.64. The van der Waals surface area contributed by atoms with Crippen LogP contribution >= 0.6 is 0 Å². The van der Waals surface area contributed by atoms with Gasteiger partial charge in [0.1, 0.15) is 0 Å². The van der Waals surface area contributed by atoms with E-state index in [1.807, 2.05) is 6.07 Å². The molecule has 3 heterocycles. The number of anilines is 1. The number of para-hydroxylation sites is 1. The average Bonchev–Trinajstić information content (AvgIpc) is 3.02. The van der Waals surface area contributed by atoms with Gasteiger partial charge in [-0.05, 0) is 37.8 Å². The molecule has 29 heavy (non-hydrogen) atoms. The molecule has 0 aliphatic carbocycles. The predicted octanol–water partition coefficient (Wildman–Crippen LogP) is 1.13. The molecule has 0 bridgehead atoms. The summed E-state index contributed by atoms with van der Waals surface area (Å²) in [5.74, 6) is 0.129. The minimum Gasteiger partial charge on any atom is -0.369 e. The number of sulfonamides is 1. The molecule has 1 aromatic rings. The highest BCUT2D eigenvalue weighted by Gasteiger charge is 2.48. The molecule has 4 rings (SSSR count). The SMILES string of the molecule is CS(=O)(=O)N1CCC2(CC1)CC(CCN1CCN(c3ccccc3)CC1)NC2=O. The van der Waals surface area contributed by atoms with E-state index in [9.17, 15) is 13.2 Å². The molecule has 3 aliphatic rings. The van der Waals surface area contributed by atoms with Gasteiger partial charge < -0.3 is 10.2 Å². The fraction of sp³-hybridized carbons (Fsp3) is 0.667. The molecule has 3 saturated heterocycles. The van der Waals surface area contributed by atoms with Crippen LogP contribution < -0.4 is 10.2 Å². The van der Waals surface area contributed by atoms with Crippen LogP contribution in [0.3, 0.4) is 0 Å². The summed E-state index contributed by atoms with van der Waals surface area (Å²) in [7, 11) is -3.16. The molecular formula is C21H32N4O3S. The Kier molecular flexibility index (Phi) is 5.86. The first-order valence-corrected chi connectivity index (χ1v) is 12.5. The first kappa shape index (κ1) is 20.6. The fourth-order valence-corrected chi connectivity index (χ4v) is 5.86. The van der Waals surface area contributed by atoms with Crippen LogP contribution in [0.25, 0.3) is 0 Å². The number of rotatable bonds is 5. The summed E-state index contributed by atoms with van der Waals surface area (Å²) >= 11 is 0. The van der Waals surface area contributed by atoms with Crippen LogP contribution in [0.1, 0.15) is 25.7 Å². The third-order valence-corrected chi connectivity index (χ3v) is 8.19. The smallest absolute Gasteiger partial charge is 0.226 e. The molecule has 3 aliphatic heterocycles. The molecule has 0 aromatic heterocycles. The van der Waals surface area contributed by atoms with Gasteiger partial charge in [-0.25, -0.2) is 12.7 Å². The summed E-state index contributed by atoms with van der Waals surface area (Å²) in [5, 5.41) is 3.20. The first-order chi connectivity index (χ1) is 13.9. The fourth-order valence-electron chi connectivity index (χ4n) is 5.01. The zero-order chi connectivity index (χ0) is 20.5. The third kappa shape index (κ3) is 4.59. The van der Waals surface area contributed by atoms with Crippen molar-refractivity contribution in [2.45, 2.75) is 31.7 Å². The lowest BCUT2D eigenvalue weighted by molar-refractivity contribution is -0.129. The maximum atomic E-state index is 12.7. The normalized spacial score (nSPS) is 26.0. The van der Waals surface area contributed by atoms with E-state index in [4.69, 9.17) is 0 Å². The number of hydrogen-bond donors (Lipinski definition) is 1. The van der Waals surface area contributed by atoms with E-state index < -0.39 is 10.0 Å². The topological polar surface area (TPSA) is 73.0 Å². The third-order valence-electron chi connectivity index (χ3n) is 6.89. The number of piperazine rings is 1. The number of benzene rings is 1. The Balaban J connectivity index is 1.23. The van der Waals surface area contributed by atoms with Crippen molar-refractivity contribution >= 4 is 21.6 Å². The van der Waals surface area contributed by atoms with Gasteiger partial charge in [0.15, 0.2) is 0 Å². The van der Waals surface area contributed by atoms with Gasteiger partial charge in [-0.1, -0.05) is 18.2 Å². The van der Waals surface area contributed by atoms with Gasteiger partial charge in [0, 0.05) is 57.5 Å². The van der Waals surface area contributed by atoms with Crippen LogP contribution in [0.5, 0.6) is 0 Å². The van der Waals surface area contributed by atoms with Crippen molar-refractivity contribution < 1.29 is 13.2 Å². The number of nitrogens with one attached hydrogen (secondary N) is 1. The van der Waals surface area contributed by atoms with Crippen LogP contribution in [0, 0.1) is 5.41 Å². The molecule has 1 atom stereocenters. The van der Waals surface area contributed by atoms with E-state index in [0.717, 1.165) is 45.6 Å². The lowest BCUT2D eigenvalue weighted by Gasteiger charge is -2.37. The van der Waals surface area contributed by atoms with E-state index in [1.165, 1.54) is 16.2 Å². The Morgan fingerprint density at radius 1 is 1.03 bits per heavy atom. The van der Waals surface area contributed by atoms with Crippen molar-refractivity contribution in [1.82, 2.24) is 14.5 Å². The van der Waals surface area contributed by atoms with Gasteiger partial charge >= 0.3 is 0 Å². The van der Waals surface area contributed by atoms with Crippen molar-refractivity contribution in [1.29, 1.82) is 0 Å². The van der Waals surface area contributed by atoms with Gasteiger partial charge in [0.2, 0.25) is 15.9 Å².